The highest BCUT2D eigenvalue weighted by molar-refractivity contribution is 7.89. The molecule has 1 aromatic rings. The minimum absolute atomic E-state index is 0.0185. The average molecular weight is 310 g/mol. The van der Waals surface area contributed by atoms with Gasteiger partial charge in [-0.05, 0) is 37.1 Å². The summed E-state index contributed by atoms with van der Waals surface area (Å²) in [7, 11) is -3.71. The molecule has 0 radical (unpaired) electrons. The van der Waals surface area contributed by atoms with Gasteiger partial charge in [-0.3, -0.25) is 4.79 Å². The van der Waals surface area contributed by atoms with Gasteiger partial charge >= 0.3 is 0 Å². The molecule has 1 aliphatic rings. The quantitative estimate of drug-likeness (QED) is 0.896. The van der Waals surface area contributed by atoms with Crippen molar-refractivity contribution in [1.29, 1.82) is 0 Å². The van der Waals surface area contributed by atoms with E-state index in [1.165, 1.54) is 43.5 Å². The molecule has 1 aliphatic carbocycles. The summed E-state index contributed by atoms with van der Waals surface area (Å²) in [6.45, 7) is 0. The Hall–Kier alpha value is -1.40. The lowest BCUT2D eigenvalue weighted by Crippen LogP contribution is -2.35. The van der Waals surface area contributed by atoms with Crippen molar-refractivity contribution in [2.75, 3.05) is 0 Å². The maximum atomic E-state index is 12.2. The monoisotopic (exact) mass is 310 g/mol. The number of rotatable bonds is 3. The van der Waals surface area contributed by atoms with E-state index in [0.29, 0.717) is 5.56 Å². The first kappa shape index (κ1) is 16.0. The van der Waals surface area contributed by atoms with Crippen LogP contribution in [0.4, 0.5) is 0 Å². The fraction of sp³-hybridized carbons (Fsp3) is 0.533. The summed E-state index contributed by atoms with van der Waals surface area (Å²) in [5.41, 5.74) is 0.462. The van der Waals surface area contributed by atoms with Crippen LogP contribution >= 0.6 is 0 Å². The van der Waals surface area contributed by atoms with E-state index < -0.39 is 10.0 Å². The van der Waals surface area contributed by atoms with Gasteiger partial charge < -0.3 is 5.32 Å². The van der Waals surface area contributed by atoms with Crippen LogP contribution in [-0.2, 0) is 10.0 Å². The molecular formula is C15H22N2O3S. The second kappa shape index (κ2) is 7.04. The third-order valence-corrected chi connectivity index (χ3v) is 4.81. The zero-order valence-electron chi connectivity index (χ0n) is 12.0. The molecule has 2 rings (SSSR count). The minimum atomic E-state index is -3.71. The van der Waals surface area contributed by atoms with Gasteiger partial charge in [0.25, 0.3) is 5.91 Å². The Morgan fingerprint density at radius 2 is 1.52 bits per heavy atom. The second-order valence-electron chi connectivity index (χ2n) is 5.58. The molecule has 6 heteroatoms. The number of nitrogens with two attached hydrogens (primary N) is 1. The maximum Gasteiger partial charge on any atom is 0.251 e. The molecule has 1 fully saturated rings. The van der Waals surface area contributed by atoms with Gasteiger partial charge in [0.1, 0.15) is 0 Å². The van der Waals surface area contributed by atoms with Crippen molar-refractivity contribution < 1.29 is 13.2 Å². The standard InChI is InChI=1S/C15H22N2O3S/c16-21(19,20)14-10-8-12(9-11-14)15(18)17-13-6-4-2-1-3-5-7-13/h8-11,13H,1-7H2,(H,17,18)(H2,16,19,20). The van der Waals surface area contributed by atoms with E-state index in [-0.39, 0.29) is 16.8 Å². The normalized spacial score (nSPS) is 17.8. The predicted octanol–water partition coefficient (Wildman–Crippen LogP) is 2.18. The largest absolute Gasteiger partial charge is 0.349 e. The number of benzene rings is 1. The number of amides is 1. The number of nitrogens with one attached hydrogen (secondary N) is 1. The van der Waals surface area contributed by atoms with E-state index >= 15 is 0 Å². The molecule has 0 atom stereocenters. The van der Waals surface area contributed by atoms with Crippen LogP contribution < -0.4 is 10.5 Å². The van der Waals surface area contributed by atoms with Crippen molar-refractivity contribution in [3.05, 3.63) is 29.8 Å². The molecule has 1 aromatic carbocycles. The van der Waals surface area contributed by atoms with Crippen molar-refractivity contribution in [2.45, 2.75) is 55.9 Å². The van der Waals surface area contributed by atoms with Crippen LogP contribution in [0.2, 0.25) is 0 Å². The average Bonchev–Trinajstić information content (AvgIpc) is 2.41. The van der Waals surface area contributed by atoms with Crippen molar-refractivity contribution >= 4 is 15.9 Å². The minimum Gasteiger partial charge on any atom is -0.349 e. The molecule has 1 amide bonds. The zero-order valence-corrected chi connectivity index (χ0v) is 12.9. The van der Waals surface area contributed by atoms with E-state index in [1.807, 2.05) is 0 Å². The first-order chi connectivity index (χ1) is 9.97. The molecule has 1 saturated carbocycles. The van der Waals surface area contributed by atoms with E-state index in [9.17, 15) is 13.2 Å². The van der Waals surface area contributed by atoms with E-state index in [4.69, 9.17) is 5.14 Å². The van der Waals surface area contributed by atoms with Crippen LogP contribution in [0.5, 0.6) is 0 Å². The molecular weight excluding hydrogens is 288 g/mol. The molecule has 0 aromatic heterocycles. The van der Waals surface area contributed by atoms with Crippen LogP contribution in [0.25, 0.3) is 0 Å². The molecule has 0 bridgehead atoms. The smallest absolute Gasteiger partial charge is 0.251 e. The number of hydrogen-bond donors (Lipinski definition) is 2. The fourth-order valence-electron chi connectivity index (χ4n) is 2.67. The number of carbonyl (C=O) groups excluding carboxylic acids is 1. The van der Waals surface area contributed by atoms with Gasteiger partial charge in [-0.25, -0.2) is 13.6 Å². The summed E-state index contributed by atoms with van der Waals surface area (Å²) < 4.78 is 22.4. The van der Waals surface area contributed by atoms with Crippen LogP contribution in [-0.4, -0.2) is 20.4 Å². The van der Waals surface area contributed by atoms with Gasteiger partial charge in [0.05, 0.1) is 4.90 Å². The molecule has 5 nitrogen and oxygen atoms in total. The Balaban J connectivity index is 1.99. The van der Waals surface area contributed by atoms with E-state index in [2.05, 4.69) is 5.32 Å². The molecule has 0 spiro atoms. The Morgan fingerprint density at radius 3 is 2.05 bits per heavy atom. The summed E-state index contributed by atoms with van der Waals surface area (Å²) in [5, 5.41) is 8.08. The summed E-state index contributed by atoms with van der Waals surface area (Å²) >= 11 is 0. The summed E-state index contributed by atoms with van der Waals surface area (Å²) in [5.74, 6) is -0.151. The van der Waals surface area contributed by atoms with E-state index in [1.54, 1.807) is 0 Å². The predicted molar refractivity (Wildman–Crippen MR) is 81.4 cm³/mol. The highest BCUT2D eigenvalue weighted by Gasteiger charge is 2.16. The van der Waals surface area contributed by atoms with Gasteiger partial charge in [-0.15, -0.1) is 0 Å². The van der Waals surface area contributed by atoms with Gasteiger partial charge in [-0.2, -0.15) is 0 Å². The molecule has 0 aliphatic heterocycles. The Kier molecular flexibility index (Phi) is 5.36. The highest BCUT2D eigenvalue weighted by atomic mass is 32.2. The Morgan fingerprint density at radius 1 is 1.00 bits per heavy atom. The summed E-state index contributed by atoms with van der Waals surface area (Å²) in [6, 6.07) is 5.94. The summed E-state index contributed by atoms with van der Waals surface area (Å²) in [4.78, 5) is 12.2. The van der Waals surface area contributed by atoms with Crippen LogP contribution in [0.15, 0.2) is 29.2 Å². The first-order valence-corrected chi connectivity index (χ1v) is 8.95. The van der Waals surface area contributed by atoms with Crippen molar-refractivity contribution in [3.63, 3.8) is 0 Å². The first-order valence-electron chi connectivity index (χ1n) is 7.40. The van der Waals surface area contributed by atoms with E-state index in [0.717, 1.165) is 25.7 Å². The Bertz CT molecular complexity index is 573. The van der Waals surface area contributed by atoms with Crippen LogP contribution in [0.1, 0.15) is 55.3 Å². The molecule has 0 unspecified atom stereocenters. The van der Waals surface area contributed by atoms with Gasteiger partial charge in [0.2, 0.25) is 10.0 Å². The molecule has 0 saturated heterocycles. The lowest BCUT2D eigenvalue weighted by atomic mass is 9.96. The maximum absolute atomic E-state index is 12.2. The van der Waals surface area contributed by atoms with Crippen LogP contribution in [0.3, 0.4) is 0 Å². The Labute approximate surface area is 126 Å². The second-order valence-corrected chi connectivity index (χ2v) is 7.15. The van der Waals surface area contributed by atoms with Crippen molar-refractivity contribution in [1.82, 2.24) is 5.32 Å². The lowest BCUT2D eigenvalue weighted by molar-refractivity contribution is 0.0930. The van der Waals surface area contributed by atoms with Crippen molar-refractivity contribution in [2.24, 2.45) is 5.14 Å². The number of hydrogen-bond acceptors (Lipinski definition) is 3. The number of carbonyl (C=O) groups is 1. The topological polar surface area (TPSA) is 89.3 Å². The van der Waals surface area contributed by atoms with Crippen molar-refractivity contribution in [3.8, 4) is 0 Å². The molecule has 3 N–H and O–H groups in total. The van der Waals surface area contributed by atoms with Gasteiger partial charge in [0, 0.05) is 11.6 Å². The molecule has 116 valence electrons. The molecule has 0 heterocycles. The third kappa shape index (κ3) is 4.82. The lowest BCUT2D eigenvalue weighted by Gasteiger charge is -2.21. The number of primary sulfonamides is 1. The summed E-state index contributed by atoms with van der Waals surface area (Å²) in [6.07, 6.45) is 8.08. The van der Waals surface area contributed by atoms with Gasteiger partial charge in [0.15, 0.2) is 0 Å². The van der Waals surface area contributed by atoms with Gasteiger partial charge in [-0.1, -0.05) is 32.1 Å². The molecule has 21 heavy (non-hydrogen) atoms. The number of sulfonamides is 1. The third-order valence-electron chi connectivity index (χ3n) is 3.89. The highest BCUT2D eigenvalue weighted by Crippen LogP contribution is 2.17. The fourth-order valence-corrected chi connectivity index (χ4v) is 3.18. The van der Waals surface area contributed by atoms with Crippen LogP contribution in [0, 0.1) is 0 Å². The SMILES string of the molecule is NS(=O)(=O)c1ccc(C(=O)NC2CCCCCCC2)cc1. The zero-order chi connectivity index (χ0) is 15.3.